The van der Waals surface area contributed by atoms with Gasteiger partial charge in [-0.1, -0.05) is 0 Å². The van der Waals surface area contributed by atoms with E-state index in [4.69, 9.17) is 54.3 Å². The van der Waals surface area contributed by atoms with Gasteiger partial charge in [0.25, 0.3) is 0 Å². The van der Waals surface area contributed by atoms with Crippen LogP contribution in [0.2, 0.25) is 0 Å². The fraction of sp³-hybridized carbons (Fsp3) is 0. The number of phosphoric acid groups is 1. The Kier molecular flexibility index (Phi) is 74.0. The van der Waals surface area contributed by atoms with E-state index in [1.54, 1.807) is 0 Å². The van der Waals surface area contributed by atoms with Crippen LogP contribution in [-0.2, 0) is 25.4 Å². The van der Waals surface area contributed by atoms with E-state index in [0.29, 0.717) is 0 Å². The molecule has 0 aromatic rings. The van der Waals surface area contributed by atoms with Gasteiger partial charge in [-0.25, -0.2) is 0 Å². The minimum Gasteiger partial charge on any atom is -1.00 e. The molecule has 0 spiro atoms. The van der Waals surface area contributed by atoms with Crippen molar-refractivity contribution in [3.63, 3.8) is 0 Å². The third-order valence-electron chi connectivity index (χ3n) is 0. The van der Waals surface area contributed by atoms with Gasteiger partial charge in [-0.15, -0.1) is 0 Å². The summed E-state index contributed by atoms with van der Waals surface area (Å²) in [5, 5.41) is 0. The summed E-state index contributed by atoms with van der Waals surface area (Å²) in [6, 6.07) is 0. The summed E-state index contributed by atoms with van der Waals surface area (Å²) in [6.45, 7) is 0. The Morgan fingerprint density at radius 3 is 0.810 bits per heavy atom. The van der Waals surface area contributed by atoms with E-state index in [0.717, 1.165) is 0 Å². The van der Waals surface area contributed by atoms with Crippen LogP contribution in [0.15, 0.2) is 0 Å². The second-order valence-electron chi connectivity index (χ2n) is 1.29. The number of rotatable bonds is 0. The molecule has 0 saturated heterocycles. The van der Waals surface area contributed by atoms with Gasteiger partial charge in [0.2, 0.25) is 0 Å². The zero-order chi connectivity index (χ0) is 13.5. The molecule has 0 rings (SSSR count). The minimum atomic E-state index is -5.17. The molecule has 0 unspecified atom stereocenters. The summed E-state index contributed by atoms with van der Waals surface area (Å²) in [6.07, 6.45) is 0. The normalized spacial score (nSPS) is 8.33. The van der Waals surface area contributed by atoms with E-state index in [2.05, 4.69) is 0 Å². The number of quaternary nitrogens is 1. The summed E-state index contributed by atoms with van der Waals surface area (Å²) in [5.74, 6) is 0. The number of halogens is 1. The molecule has 21 heavy (non-hydrogen) atoms. The molecule has 0 amide bonds. The molecule has 0 aliphatic rings. The molecule has 13 nitrogen and oxygen atoms in total. The van der Waals surface area contributed by atoms with E-state index < -0.39 is 28.6 Å². The van der Waals surface area contributed by atoms with E-state index >= 15 is 0 Å². The molecule has 0 aromatic heterocycles. The van der Waals surface area contributed by atoms with Gasteiger partial charge in [0, 0.05) is 20.8 Å². The Hall–Kier alpha value is 5.40. The van der Waals surface area contributed by atoms with Crippen molar-refractivity contribution in [1.82, 2.24) is 6.15 Å². The topological polar surface area (TPSA) is 280 Å². The fourth-order valence-electron chi connectivity index (χ4n) is 0. The molecule has 0 aromatic carbocycles. The maximum absolute atomic E-state index is 8.66. The average Bonchev–Trinajstić information content (AvgIpc) is 1.41. The van der Waals surface area contributed by atoms with Crippen LogP contribution in [0.3, 0.4) is 0 Å². The smallest absolute Gasteiger partial charge is 1.00 e. The van der Waals surface area contributed by atoms with Gasteiger partial charge < -0.3 is 56.0 Å². The summed E-state index contributed by atoms with van der Waals surface area (Å²) in [4.78, 5) is 24.3. The monoisotopic (exact) mass is 483 g/mol. The Balaban J connectivity index is -0.0000000129. The van der Waals surface area contributed by atoms with E-state index in [-0.39, 0.29) is 182 Å². The van der Waals surface area contributed by atoms with Crippen LogP contribution in [0.4, 0.5) is 0 Å². The molecule has 0 heterocycles. The number of hydrogen-bond donors (Lipinski definition) is 2. The van der Waals surface area contributed by atoms with Gasteiger partial charge in [-0.05, 0) is 0 Å². The van der Waals surface area contributed by atoms with Crippen molar-refractivity contribution in [3.8, 4) is 0 Å². The molecule has 0 atom stereocenters. The van der Waals surface area contributed by atoms with Gasteiger partial charge in [0.15, 0.2) is 0 Å². The van der Waals surface area contributed by atoms with Gasteiger partial charge >= 0.3 is 164 Å². The predicted molar refractivity (Wildman–Crippen MR) is 48.3 cm³/mol. The molecule has 112 valence electrons. The SMILES string of the molecule is O=P([O-])([O-])O.O=S(=O)([O-])[O-].O=S(=O)([O-])[O-].[Ca+2].[Cl-].[K+].[K+].[Mg+2].[NH4+]. The maximum Gasteiger partial charge on any atom is 2.00 e. The fourth-order valence-corrected chi connectivity index (χ4v) is 0. The first-order valence-corrected chi connectivity index (χ1v) is 6.24. The Bertz CT molecular complexity index is 353. The van der Waals surface area contributed by atoms with E-state index in [1.165, 1.54) is 0 Å². The Morgan fingerprint density at radius 1 is 0.810 bits per heavy atom. The first-order valence-electron chi connectivity index (χ1n) is 2.08. The van der Waals surface area contributed by atoms with Crippen molar-refractivity contribution in [1.29, 1.82) is 0 Å². The summed E-state index contributed by atoms with van der Waals surface area (Å²) in [5.41, 5.74) is 0. The molecule has 0 saturated carbocycles. The van der Waals surface area contributed by atoms with E-state index in [1.807, 2.05) is 0 Å². The van der Waals surface area contributed by atoms with Gasteiger partial charge in [-0.3, -0.25) is 16.8 Å². The third-order valence-corrected chi connectivity index (χ3v) is 0. The summed E-state index contributed by atoms with van der Waals surface area (Å²) < 4.78 is 76.8. The van der Waals surface area contributed by atoms with Crippen LogP contribution in [-0.4, -0.2) is 101 Å². The molecule has 0 aliphatic carbocycles. The zero-order valence-electron chi connectivity index (χ0n) is 11.0. The largest absolute Gasteiger partial charge is 2.00 e. The molecule has 0 bridgehead atoms. The van der Waals surface area contributed by atoms with Crippen LogP contribution in [0.1, 0.15) is 0 Å². The second kappa shape index (κ2) is 27.6. The first-order chi connectivity index (χ1) is 6.00. The zero-order valence-corrected chi connectivity index (χ0v) is 24.1. The van der Waals surface area contributed by atoms with Gasteiger partial charge in [-0.2, -0.15) is 0 Å². The summed E-state index contributed by atoms with van der Waals surface area (Å²) >= 11 is 0. The average molecular weight is 484 g/mol. The number of hydrogen-bond acceptors (Lipinski definition) is 11. The van der Waals surface area contributed by atoms with Crippen molar-refractivity contribution >= 4 is 89.4 Å². The quantitative estimate of drug-likeness (QED) is 0.140. The van der Waals surface area contributed by atoms with Crippen molar-refractivity contribution in [2.45, 2.75) is 0 Å². The van der Waals surface area contributed by atoms with Crippen LogP contribution in [0.25, 0.3) is 0 Å². The minimum absolute atomic E-state index is 0. The van der Waals surface area contributed by atoms with Gasteiger partial charge in [0.05, 0.1) is 7.82 Å². The van der Waals surface area contributed by atoms with Crippen molar-refractivity contribution in [2.24, 2.45) is 0 Å². The van der Waals surface area contributed by atoms with Crippen molar-refractivity contribution < 1.29 is 169 Å². The maximum atomic E-state index is 8.66. The first kappa shape index (κ1) is 56.3. The Morgan fingerprint density at radius 2 is 0.810 bits per heavy atom. The predicted octanol–water partition coefficient (Wildman–Crippen LogP) is -14.2. The third kappa shape index (κ3) is 477. The van der Waals surface area contributed by atoms with Crippen molar-refractivity contribution in [3.05, 3.63) is 0 Å². The second-order valence-corrected chi connectivity index (χ2v) is 3.86. The van der Waals surface area contributed by atoms with Crippen LogP contribution in [0, 0.1) is 0 Å². The van der Waals surface area contributed by atoms with E-state index in [9.17, 15) is 0 Å². The molecule has 21 heteroatoms. The molecule has 0 radical (unpaired) electrons. The molecular weight excluding hydrogens is 479 g/mol. The summed E-state index contributed by atoms with van der Waals surface area (Å²) in [7, 11) is -15.5. The van der Waals surface area contributed by atoms with Crippen molar-refractivity contribution in [2.75, 3.05) is 0 Å². The molecule has 0 aliphatic heterocycles. The standard InChI is InChI=1S/Ca.ClH.2K.Mg.H3N.H3O4P.2H2O4S/c;;;;;;3*1-5(2,3)4/h;1H;;;;1H3;(H3,1,2,3,4);2*(H2,1,2,3,4)/q+2;;2*+1;+2;;;;/p-6. The van der Waals surface area contributed by atoms with Crippen LogP contribution >= 0.6 is 7.82 Å². The van der Waals surface area contributed by atoms with Gasteiger partial charge in [0.1, 0.15) is 0 Å². The van der Waals surface area contributed by atoms with Crippen LogP contribution in [0.5, 0.6) is 0 Å². The Labute approximate surface area is 258 Å². The molecule has 5 N–H and O–H groups in total. The van der Waals surface area contributed by atoms with Crippen LogP contribution < -0.4 is 131 Å². The molecular formula is H5CaClK2MgNO12PS2. The molecule has 0 fully saturated rings.